The molecule has 108 valence electrons. The number of hydrogen-bond acceptors (Lipinski definition) is 3. The highest BCUT2D eigenvalue weighted by molar-refractivity contribution is 5.67. The number of hydrogen-bond donors (Lipinski definition) is 2. The molecule has 3 rings (SSSR count). The predicted octanol–water partition coefficient (Wildman–Crippen LogP) is 2.46. The number of amides is 1. The van der Waals surface area contributed by atoms with Gasteiger partial charge in [-0.2, -0.15) is 0 Å². The van der Waals surface area contributed by atoms with Crippen LogP contribution in [0.2, 0.25) is 0 Å². The van der Waals surface area contributed by atoms with Crippen LogP contribution < -0.4 is 5.32 Å². The zero-order valence-corrected chi connectivity index (χ0v) is 11.5. The summed E-state index contributed by atoms with van der Waals surface area (Å²) in [6.45, 7) is 0.568. The molecular weight excluding hydrogens is 254 g/mol. The number of benzene rings is 1. The second-order valence-electron chi connectivity index (χ2n) is 6.10. The Hall–Kier alpha value is -1.55. The average molecular weight is 275 g/mol. The Morgan fingerprint density at radius 3 is 2.80 bits per heavy atom. The van der Waals surface area contributed by atoms with Crippen molar-refractivity contribution in [2.75, 3.05) is 6.54 Å². The molecule has 4 heteroatoms. The van der Waals surface area contributed by atoms with Crippen LogP contribution in [0.3, 0.4) is 0 Å². The van der Waals surface area contributed by atoms with E-state index in [1.165, 1.54) is 6.42 Å². The first kappa shape index (κ1) is 13.4. The number of alkyl carbamates (subject to hydrolysis) is 1. The van der Waals surface area contributed by atoms with Crippen molar-refractivity contribution in [3.63, 3.8) is 0 Å². The third-order valence-electron chi connectivity index (χ3n) is 4.69. The second-order valence-corrected chi connectivity index (χ2v) is 6.10. The third kappa shape index (κ3) is 2.80. The van der Waals surface area contributed by atoms with Crippen molar-refractivity contribution in [3.8, 4) is 0 Å². The van der Waals surface area contributed by atoms with Crippen molar-refractivity contribution in [2.45, 2.75) is 37.9 Å². The Bertz CT molecular complexity index is 476. The van der Waals surface area contributed by atoms with E-state index in [1.807, 2.05) is 30.3 Å². The molecule has 0 spiro atoms. The molecule has 2 aliphatic rings. The maximum atomic E-state index is 11.7. The van der Waals surface area contributed by atoms with Crippen LogP contribution in [0.15, 0.2) is 30.3 Å². The van der Waals surface area contributed by atoms with Crippen LogP contribution in [0.25, 0.3) is 0 Å². The number of carbonyl (C=O) groups is 1. The number of rotatable bonds is 4. The number of aliphatic hydroxyl groups is 1. The second kappa shape index (κ2) is 5.44. The van der Waals surface area contributed by atoms with Gasteiger partial charge in [-0.05, 0) is 43.1 Å². The first-order valence-electron chi connectivity index (χ1n) is 7.33. The van der Waals surface area contributed by atoms with E-state index in [4.69, 9.17) is 4.74 Å². The fourth-order valence-electron chi connectivity index (χ4n) is 3.63. The molecule has 1 amide bonds. The van der Waals surface area contributed by atoms with Gasteiger partial charge in [0.2, 0.25) is 0 Å². The molecule has 0 aromatic heterocycles. The molecule has 1 aromatic rings. The van der Waals surface area contributed by atoms with Gasteiger partial charge in [0.15, 0.2) is 0 Å². The van der Waals surface area contributed by atoms with Crippen LogP contribution in [-0.2, 0) is 11.3 Å². The molecule has 2 fully saturated rings. The number of ether oxygens (including phenoxy) is 1. The van der Waals surface area contributed by atoms with E-state index >= 15 is 0 Å². The Balaban J connectivity index is 1.43. The molecule has 0 saturated heterocycles. The summed E-state index contributed by atoms with van der Waals surface area (Å²) in [4.78, 5) is 11.7. The minimum atomic E-state index is -0.714. The summed E-state index contributed by atoms with van der Waals surface area (Å²) in [5, 5.41) is 13.3. The zero-order chi connectivity index (χ0) is 14.0. The van der Waals surface area contributed by atoms with Gasteiger partial charge in [0.1, 0.15) is 6.61 Å². The van der Waals surface area contributed by atoms with Crippen LogP contribution in [0, 0.1) is 11.8 Å². The minimum absolute atomic E-state index is 0.261. The summed E-state index contributed by atoms with van der Waals surface area (Å²) < 4.78 is 5.15. The number of carbonyl (C=O) groups excluding carboxylic acids is 1. The topological polar surface area (TPSA) is 58.6 Å². The van der Waals surface area contributed by atoms with Gasteiger partial charge in [-0.3, -0.25) is 0 Å². The zero-order valence-electron chi connectivity index (χ0n) is 11.5. The highest BCUT2D eigenvalue weighted by Crippen LogP contribution is 2.50. The van der Waals surface area contributed by atoms with Gasteiger partial charge in [0.05, 0.1) is 5.60 Å². The molecule has 20 heavy (non-hydrogen) atoms. The van der Waals surface area contributed by atoms with Crippen LogP contribution in [-0.4, -0.2) is 23.3 Å². The molecule has 0 radical (unpaired) electrons. The van der Waals surface area contributed by atoms with Gasteiger partial charge in [-0.25, -0.2) is 4.79 Å². The third-order valence-corrected chi connectivity index (χ3v) is 4.69. The summed E-state index contributed by atoms with van der Waals surface area (Å²) in [6.07, 6.45) is 3.78. The van der Waals surface area contributed by atoms with Crippen molar-refractivity contribution in [1.29, 1.82) is 0 Å². The minimum Gasteiger partial charge on any atom is -0.445 e. The number of fused-ring (bicyclic) bond motifs is 2. The SMILES string of the molecule is O=C(NC[C@]1(O)C[C@@H]2CC[C@H]1C2)OCc1ccccc1. The van der Waals surface area contributed by atoms with Crippen molar-refractivity contribution in [1.82, 2.24) is 5.32 Å². The molecule has 0 heterocycles. The van der Waals surface area contributed by atoms with Crippen molar-refractivity contribution < 1.29 is 14.6 Å². The van der Waals surface area contributed by atoms with E-state index in [9.17, 15) is 9.90 Å². The maximum absolute atomic E-state index is 11.7. The van der Waals surface area contributed by atoms with Crippen LogP contribution >= 0.6 is 0 Å². The fourth-order valence-corrected chi connectivity index (χ4v) is 3.63. The Morgan fingerprint density at radius 2 is 2.15 bits per heavy atom. The van der Waals surface area contributed by atoms with E-state index < -0.39 is 11.7 Å². The van der Waals surface area contributed by atoms with Crippen LogP contribution in [0.1, 0.15) is 31.2 Å². The standard InChI is InChI=1S/C16H21NO3/c18-15(20-10-12-4-2-1-3-5-12)17-11-16(19)9-13-6-7-14(16)8-13/h1-5,13-14,19H,6-11H2,(H,17,18)/t13-,14+,16-/m1/s1. The lowest BCUT2D eigenvalue weighted by atomic mass is 9.84. The molecule has 3 atom stereocenters. The average Bonchev–Trinajstić information content (AvgIpc) is 3.04. The monoisotopic (exact) mass is 275 g/mol. The maximum Gasteiger partial charge on any atom is 0.407 e. The highest BCUT2D eigenvalue weighted by Gasteiger charge is 2.49. The van der Waals surface area contributed by atoms with E-state index in [1.54, 1.807) is 0 Å². The van der Waals surface area contributed by atoms with Gasteiger partial charge >= 0.3 is 6.09 Å². The highest BCUT2D eigenvalue weighted by atomic mass is 16.5. The largest absolute Gasteiger partial charge is 0.445 e. The molecule has 1 aromatic carbocycles. The van der Waals surface area contributed by atoms with Crippen molar-refractivity contribution in [2.24, 2.45) is 11.8 Å². The quantitative estimate of drug-likeness (QED) is 0.887. The summed E-state index contributed by atoms with van der Waals surface area (Å²) in [6, 6.07) is 9.57. The van der Waals surface area contributed by atoms with Gasteiger partial charge in [0, 0.05) is 6.54 Å². The lowest BCUT2D eigenvalue weighted by molar-refractivity contribution is -0.0120. The Morgan fingerprint density at radius 1 is 1.35 bits per heavy atom. The van der Waals surface area contributed by atoms with Crippen LogP contribution in [0.4, 0.5) is 4.79 Å². The lowest BCUT2D eigenvalue weighted by Gasteiger charge is -2.32. The Kier molecular flexibility index (Phi) is 3.66. The summed E-state index contributed by atoms with van der Waals surface area (Å²) in [5.74, 6) is 0.995. The number of nitrogens with one attached hydrogen (secondary N) is 1. The first-order valence-corrected chi connectivity index (χ1v) is 7.33. The molecule has 2 bridgehead atoms. The van der Waals surface area contributed by atoms with Crippen molar-refractivity contribution in [3.05, 3.63) is 35.9 Å². The summed E-state index contributed by atoms with van der Waals surface area (Å²) in [5.41, 5.74) is 0.246. The van der Waals surface area contributed by atoms with Crippen molar-refractivity contribution >= 4 is 6.09 Å². The molecule has 2 N–H and O–H groups in total. The fraction of sp³-hybridized carbons (Fsp3) is 0.562. The molecule has 0 aliphatic heterocycles. The molecular formula is C16H21NO3. The van der Waals surface area contributed by atoms with E-state index in [0.717, 1.165) is 24.8 Å². The first-order chi connectivity index (χ1) is 9.66. The van der Waals surface area contributed by atoms with E-state index in [-0.39, 0.29) is 6.61 Å². The van der Waals surface area contributed by atoms with Gasteiger partial charge in [-0.1, -0.05) is 30.3 Å². The van der Waals surface area contributed by atoms with E-state index in [2.05, 4.69) is 5.32 Å². The van der Waals surface area contributed by atoms with Gasteiger partial charge in [0.25, 0.3) is 0 Å². The molecule has 4 nitrogen and oxygen atoms in total. The summed E-state index contributed by atoms with van der Waals surface area (Å²) >= 11 is 0. The molecule has 0 unspecified atom stereocenters. The van der Waals surface area contributed by atoms with E-state index in [0.29, 0.717) is 18.4 Å². The predicted molar refractivity (Wildman–Crippen MR) is 75.0 cm³/mol. The molecule has 2 aliphatic carbocycles. The smallest absolute Gasteiger partial charge is 0.407 e. The normalized spacial score (nSPS) is 31.2. The lowest BCUT2D eigenvalue weighted by Crippen LogP contribution is -2.46. The summed E-state index contributed by atoms with van der Waals surface area (Å²) in [7, 11) is 0. The Labute approximate surface area is 119 Å². The molecule has 2 saturated carbocycles. The van der Waals surface area contributed by atoms with Gasteiger partial charge in [-0.15, -0.1) is 0 Å². The van der Waals surface area contributed by atoms with Crippen LogP contribution in [0.5, 0.6) is 0 Å². The van der Waals surface area contributed by atoms with Gasteiger partial charge < -0.3 is 15.2 Å².